The number of carbonyl (C=O) groups is 1. The van der Waals surface area contributed by atoms with Crippen LogP contribution in [0.4, 0.5) is 10.5 Å². The summed E-state index contributed by atoms with van der Waals surface area (Å²) in [5.74, 6) is 0. The van der Waals surface area contributed by atoms with Crippen molar-refractivity contribution in [2.45, 2.75) is 46.4 Å². The van der Waals surface area contributed by atoms with Crippen molar-refractivity contribution in [3.63, 3.8) is 0 Å². The second-order valence-corrected chi connectivity index (χ2v) is 8.52. The lowest BCUT2D eigenvalue weighted by Crippen LogP contribution is -2.34. The zero-order valence-corrected chi connectivity index (χ0v) is 19.7. The van der Waals surface area contributed by atoms with Crippen molar-refractivity contribution in [1.29, 1.82) is 0 Å². The van der Waals surface area contributed by atoms with Crippen LogP contribution in [-0.2, 0) is 37.3 Å². The van der Waals surface area contributed by atoms with E-state index in [1.165, 1.54) is 16.8 Å². The zero-order valence-electron chi connectivity index (χ0n) is 19.7. The maximum absolute atomic E-state index is 12.3. The van der Waals surface area contributed by atoms with Gasteiger partial charge in [0, 0.05) is 50.2 Å². The number of hydrogen-bond donors (Lipinski definition) is 2. The number of para-hydroxylation sites is 1. The van der Waals surface area contributed by atoms with Gasteiger partial charge in [-0.05, 0) is 43.0 Å². The molecule has 2 amide bonds. The number of anilines is 1. The van der Waals surface area contributed by atoms with Gasteiger partial charge in [-0.3, -0.25) is 4.68 Å². The van der Waals surface area contributed by atoms with E-state index in [1.54, 1.807) is 7.11 Å². The quantitative estimate of drug-likeness (QED) is 0.525. The first-order valence-electron chi connectivity index (χ1n) is 11.5. The number of rotatable bonds is 9. The fourth-order valence-corrected chi connectivity index (χ4v) is 4.35. The third kappa shape index (κ3) is 5.54. The van der Waals surface area contributed by atoms with Crippen LogP contribution in [0.3, 0.4) is 0 Å². The SMILES string of the molecule is COCCn1nc(C)c(CNC(=O)NCc2ccc(CN3CCc4ccccc43)cc2)c1C. The second-order valence-electron chi connectivity index (χ2n) is 8.52. The van der Waals surface area contributed by atoms with Crippen LogP contribution in [0.5, 0.6) is 0 Å². The average Bonchev–Trinajstić information content (AvgIpc) is 3.35. The molecule has 1 aromatic heterocycles. The summed E-state index contributed by atoms with van der Waals surface area (Å²) in [6.07, 6.45) is 1.11. The van der Waals surface area contributed by atoms with Gasteiger partial charge in [-0.15, -0.1) is 0 Å². The average molecular weight is 448 g/mol. The topological polar surface area (TPSA) is 71.4 Å². The van der Waals surface area contributed by atoms with Crippen molar-refractivity contribution in [2.24, 2.45) is 0 Å². The molecule has 2 aromatic carbocycles. The van der Waals surface area contributed by atoms with Crippen LogP contribution < -0.4 is 15.5 Å². The van der Waals surface area contributed by atoms with Crippen molar-refractivity contribution in [2.75, 3.05) is 25.2 Å². The predicted octanol–water partition coefficient (Wildman–Crippen LogP) is 3.71. The summed E-state index contributed by atoms with van der Waals surface area (Å²) in [6.45, 7) is 8.21. The van der Waals surface area contributed by atoms with Crippen LogP contribution in [0.2, 0.25) is 0 Å². The third-order valence-electron chi connectivity index (χ3n) is 6.30. The number of amides is 2. The van der Waals surface area contributed by atoms with E-state index >= 15 is 0 Å². The monoisotopic (exact) mass is 447 g/mol. The summed E-state index contributed by atoms with van der Waals surface area (Å²) in [4.78, 5) is 14.8. The van der Waals surface area contributed by atoms with Gasteiger partial charge < -0.3 is 20.3 Å². The summed E-state index contributed by atoms with van der Waals surface area (Å²) in [7, 11) is 1.68. The van der Waals surface area contributed by atoms with E-state index in [9.17, 15) is 4.79 Å². The van der Waals surface area contributed by atoms with Crippen LogP contribution in [0.1, 0.15) is 33.6 Å². The molecule has 0 saturated heterocycles. The molecule has 2 N–H and O–H groups in total. The van der Waals surface area contributed by atoms with Gasteiger partial charge in [0.25, 0.3) is 0 Å². The number of urea groups is 1. The Labute approximate surface area is 195 Å². The highest BCUT2D eigenvalue weighted by Crippen LogP contribution is 2.28. The number of hydrogen-bond acceptors (Lipinski definition) is 4. The van der Waals surface area contributed by atoms with Gasteiger partial charge in [0.05, 0.1) is 18.8 Å². The van der Waals surface area contributed by atoms with Gasteiger partial charge in [-0.1, -0.05) is 42.5 Å². The molecule has 174 valence electrons. The molecule has 0 atom stereocenters. The Morgan fingerprint density at radius 3 is 2.55 bits per heavy atom. The first kappa shape index (κ1) is 22.9. The molecule has 0 unspecified atom stereocenters. The number of fused-ring (bicyclic) bond motifs is 1. The molecule has 0 fully saturated rings. The molecule has 0 saturated carbocycles. The Balaban J connectivity index is 1.24. The largest absolute Gasteiger partial charge is 0.383 e. The Morgan fingerprint density at radius 2 is 1.76 bits per heavy atom. The standard InChI is InChI=1S/C26H33N5O2/c1-19-24(20(2)31(29-19)14-15-33-3)17-28-26(32)27-16-21-8-10-22(11-9-21)18-30-13-12-23-6-4-5-7-25(23)30/h4-11H,12-18H2,1-3H3,(H2,27,28,32). The van der Waals surface area contributed by atoms with Crippen LogP contribution in [0.15, 0.2) is 48.5 Å². The van der Waals surface area contributed by atoms with E-state index in [0.29, 0.717) is 26.2 Å². The van der Waals surface area contributed by atoms with Crippen molar-refractivity contribution >= 4 is 11.7 Å². The summed E-state index contributed by atoms with van der Waals surface area (Å²) >= 11 is 0. The van der Waals surface area contributed by atoms with Crippen LogP contribution in [0, 0.1) is 13.8 Å². The van der Waals surface area contributed by atoms with E-state index in [4.69, 9.17) is 4.74 Å². The van der Waals surface area contributed by atoms with Gasteiger partial charge in [0.2, 0.25) is 0 Å². The number of nitrogens with zero attached hydrogens (tertiary/aromatic N) is 3. The van der Waals surface area contributed by atoms with E-state index < -0.39 is 0 Å². The molecular weight excluding hydrogens is 414 g/mol. The lowest BCUT2D eigenvalue weighted by atomic mass is 10.1. The van der Waals surface area contributed by atoms with Gasteiger partial charge in [0.15, 0.2) is 0 Å². The molecule has 2 heterocycles. The number of carbonyl (C=O) groups excluding carboxylic acids is 1. The lowest BCUT2D eigenvalue weighted by Gasteiger charge is -2.19. The Kier molecular flexibility index (Phi) is 7.29. The molecule has 3 aromatic rings. The molecule has 0 radical (unpaired) electrons. The summed E-state index contributed by atoms with van der Waals surface area (Å²) in [5.41, 5.74) is 8.16. The number of methoxy groups -OCH3 is 1. The highest BCUT2D eigenvalue weighted by atomic mass is 16.5. The highest BCUT2D eigenvalue weighted by Gasteiger charge is 2.18. The molecule has 1 aliphatic rings. The Hall–Kier alpha value is -3.32. The predicted molar refractivity (Wildman–Crippen MR) is 130 cm³/mol. The first-order valence-corrected chi connectivity index (χ1v) is 11.5. The minimum atomic E-state index is -0.184. The minimum Gasteiger partial charge on any atom is -0.383 e. The zero-order chi connectivity index (χ0) is 23.2. The molecule has 4 rings (SSSR count). The highest BCUT2D eigenvalue weighted by molar-refractivity contribution is 5.73. The van der Waals surface area contributed by atoms with Crippen molar-refractivity contribution < 1.29 is 9.53 Å². The maximum Gasteiger partial charge on any atom is 0.315 e. The van der Waals surface area contributed by atoms with Crippen molar-refractivity contribution in [3.8, 4) is 0 Å². The summed E-state index contributed by atoms with van der Waals surface area (Å²) in [5, 5.41) is 10.4. The molecule has 33 heavy (non-hydrogen) atoms. The van der Waals surface area contributed by atoms with Gasteiger partial charge in [0.1, 0.15) is 0 Å². The number of aryl methyl sites for hydroxylation is 1. The molecular formula is C26H33N5O2. The molecule has 0 bridgehead atoms. The maximum atomic E-state index is 12.3. The molecule has 1 aliphatic heterocycles. The van der Waals surface area contributed by atoms with E-state index in [1.807, 2.05) is 18.5 Å². The molecule has 0 spiro atoms. The fourth-order valence-electron chi connectivity index (χ4n) is 4.35. The van der Waals surface area contributed by atoms with Gasteiger partial charge in [-0.2, -0.15) is 5.10 Å². The third-order valence-corrected chi connectivity index (χ3v) is 6.30. The van der Waals surface area contributed by atoms with Crippen molar-refractivity contribution in [1.82, 2.24) is 20.4 Å². The number of nitrogens with one attached hydrogen (secondary N) is 2. The smallest absolute Gasteiger partial charge is 0.315 e. The summed E-state index contributed by atoms with van der Waals surface area (Å²) in [6, 6.07) is 16.9. The number of ether oxygens (including phenoxy) is 1. The minimum absolute atomic E-state index is 0.184. The van der Waals surface area contributed by atoms with E-state index in [-0.39, 0.29) is 6.03 Å². The number of aromatic nitrogens is 2. The normalized spacial score (nSPS) is 12.6. The van der Waals surface area contributed by atoms with Crippen LogP contribution in [0.25, 0.3) is 0 Å². The van der Waals surface area contributed by atoms with Crippen molar-refractivity contribution in [3.05, 3.63) is 82.2 Å². The van der Waals surface area contributed by atoms with Gasteiger partial charge in [-0.25, -0.2) is 4.79 Å². The Morgan fingerprint density at radius 1 is 1.03 bits per heavy atom. The second kappa shape index (κ2) is 10.5. The number of benzene rings is 2. The Bertz CT molecular complexity index is 1090. The van der Waals surface area contributed by atoms with Crippen LogP contribution >= 0.6 is 0 Å². The molecule has 7 nitrogen and oxygen atoms in total. The van der Waals surface area contributed by atoms with E-state index in [2.05, 4.69) is 69.2 Å². The first-order chi connectivity index (χ1) is 16.0. The molecule has 7 heteroatoms. The van der Waals surface area contributed by atoms with Crippen LogP contribution in [-0.4, -0.2) is 36.1 Å². The van der Waals surface area contributed by atoms with E-state index in [0.717, 1.165) is 42.0 Å². The lowest BCUT2D eigenvalue weighted by molar-refractivity contribution is 0.182. The van der Waals surface area contributed by atoms with Gasteiger partial charge >= 0.3 is 6.03 Å². The summed E-state index contributed by atoms with van der Waals surface area (Å²) < 4.78 is 7.06. The molecule has 0 aliphatic carbocycles. The fraction of sp³-hybridized carbons (Fsp3) is 0.385.